The summed E-state index contributed by atoms with van der Waals surface area (Å²) < 4.78 is 11.5. The van der Waals surface area contributed by atoms with Crippen LogP contribution in [0, 0.1) is 0 Å². The van der Waals surface area contributed by atoms with Crippen LogP contribution in [0.5, 0.6) is 11.5 Å². The third-order valence-corrected chi connectivity index (χ3v) is 6.15. The van der Waals surface area contributed by atoms with E-state index in [-0.39, 0.29) is 25.7 Å². The van der Waals surface area contributed by atoms with Gasteiger partial charge in [-0.15, -0.1) is 0 Å². The number of nitrogens with zero attached hydrogens (tertiary/aromatic N) is 1. The molecule has 2 unspecified atom stereocenters. The van der Waals surface area contributed by atoms with E-state index in [1.54, 1.807) is 6.07 Å². The first-order valence-electron chi connectivity index (χ1n) is 11.4. The van der Waals surface area contributed by atoms with Crippen LogP contribution in [-0.4, -0.2) is 48.5 Å². The minimum atomic E-state index is -1.29. The van der Waals surface area contributed by atoms with Crippen LogP contribution in [-0.2, 0) is 21.5 Å². The van der Waals surface area contributed by atoms with E-state index in [1.807, 2.05) is 78.9 Å². The van der Waals surface area contributed by atoms with E-state index >= 15 is 0 Å². The maximum atomic E-state index is 13.6. The number of rotatable bonds is 7. The van der Waals surface area contributed by atoms with Gasteiger partial charge in [0.25, 0.3) is 5.91 Å². The van der Waals surface area contributed by atoms with Crippen molar-refractivity contribution in [1.82, 2.24) is 15.5 Å². The highest BCUT2D eigenvalue weighted by Gasteiger charge is 2.52. The summed E-state index contributed by atoms with van der Waals surface area (Å²) in [7, 11) is 0. The summed E-state index contributed by atoms with van der Waals surface area (Å²) in [4.78, 5) is 40.2. The average Bonchev–Trinajstić information content (AvgIpc) is 3.13. The first-order valence-corrected chi connectivity index (χ1v) is 11.4. The number of fused-ring (bicyclic) bond motifs is 1. The van der Waals surface area contributed by atoms with Gasteiger partial charge in [0.1, 0.15) is 19.3 Å². The fourth-order valence-electron chi connectivity index (χ4n) is 4.40. The Hall–Kier alpha value is -4.33. The number of urea groups is 1. The van der Waals surface area contributed by atoms with E-state index in [0.29, 0.717) is 17.1 Å². The Morgan fingerprint density at radius 1 is 0.943 bits per heavy atom. The van der Waals surface area contributed by atoms with E-state index in [2.05, 4.69) is 10.6 Å². The molecule has 2 aliphatic heterocycles. The summed E-state index contributed by atoms with van der Waals surface area (Å²) in [6, 6.07) is 25.3. The molecule has 1 saturated heterocycles. The number of nitrogens with one attached hydrogen (secondary N) is 2. The minimum Gasteiger partial charge on any atom is -0.486 e. The molecule has 4 amide bonds. The van der Waals surface area contributed by atoms with Crippen LogP contribution in [0.3, 0.4) is 0 Å². The monoisotopic (exact) mass is 471 g/mol. The Bertz CT molecular complexity index is 1230. The van der Waals surface area contributed by atoms with Crippen LogP contribution >= 0.6 is 0 Å². The van der Waals surface area contributed by atoms with Gasteiger partial charge in [-0.1, -0.05) is 72.8 Å². The SMILES string of the molecule is O=C(CN1C(=O)NC(Cc2ccccc2)(c2ccccc2)C1=O)NCC1COc2ccccc2O1. The Morgan fingerprint density at radius 2 is 1.60 bits per heavy atom. The van der Waals surface area contributed by atoms with Gasteiger partial charge in [-0.05, 0) is 23.3 Å². The molecule has 178 valence electrons. The Labute approximate surface area is 202 Å². The standard InChI is InChI=1S/C27H25N3O5/c31-24(28-16-21-18-34-22-13-7-8-14-23(22)35-21)17-30-25(32)27(29-26(30)33,20-11-5-2-6-12-20)15-19-9-3-1-4-10-19/h1-14,21H,15-18H2,(H,28,31)(H,29,33). The maximum absolute atomic E-state index is 13.6. The number of carbonyl (C=O) groups is 3. The average molecular weight is 472 g/mol. The van der Waals surface area contributed by atoms with Crippen molar-refractivity contribution >= 4 is 17.8 Å². The van der Waals surface area contributed by atoms with Crippen LogP contribution in [0.1, 0.15) is 11.1 Å². The van der Waals surface area contributed by atoms with Gasteiger partial charge in [0.05, 0.1) is 6.54 Å². The van der Waals surface area contributed by atoms with Crippen molar-refractivity contribution in [2.45, 2.75) is 18.1 Å². The molecule has 3 aromatic carbocycles. The van der Waals surface area contributed by atoms with Crippen molar-refractivity contribution < 1.29 is 23.9 Å². The lowest BCUT2D eigenvalue weighted by Gasteiger charge is -2.28. The number of hydrogen-bond donors (Lipinski definition) is 2. The Kier molecular flexibility index (Phi) is 6.10. The van der Waals surface area contributed by atoms with Gasteiger partial charge in [0, 0.05) is 6.42 Å². The summed E-state index contributed by atoms with van der Waals surface area (Å²) in [5.41, 5.74) is 0.270. The molecule has 2 N–H and O–H groups in total. The topological polar surface area (TPSA) is 97.0 Å². The summed E-state index contributed by atoms with van der Waals surface area (Å²) in [5.74, 6) is 0.351. The molecule has 8 heteroatoms. The number of amides is 4. The van der Waals surface area contributed by atoms with Gasteiger partial charge < -0.3 is 20.1 Å². The molecule has 0 radical (unpaired) electrons. The molecule has 2 heterocycles. The maximum Gasteiger partial charge on any atom is 0.325 e. The molecule has 0 spiro atoms. The van der Waals surface area contributed by atoms with E-state index in [4.69, 9.17) is 9.47 Å². The zero-order valence-corrected chi connectivity index (χ0v) is 19.0. The van der Waals surface area contributed by atoms with E-state index in [0.717, 1.165) is 10.5 Å². The van der Waals surface area contributed by atoms with Gasteiger partial charge in [-0.2, -0.15) is 0 Å². The van der Waals surface area contributed by atoms with Crippen LogP contribution in [0.15, 0.2) is 84.9 Å². The van der Waals surface area contributed by atoms with Crippen LogP contribution < -0.4 is 20.1 Å². The van der Waals surface area contributed by atoms with E-state index in [1.165, 1.54) is 0 Å². The number of benzene rings is 3. The molecule has 0 bridgehead atoms. The lowest BCUT2D eigenvalue weighted by Crippen LogP contribution is -2.48. The summed E-state index contributed by atoms with van der Waals surface area (Å²) in [5, 5.41) is 5.62. The van der Waals surface area contributed by atoms with Crippen molar-refractivity contribution in [3.05, 3.63) is 96.1 Å². The largest absolute Gasteiger partial charge is 0.486 e. The predicted octanol–water partition coefficient (Wildman–Crippen LogP) is 2.63. The molecule has 0 saturated carbocycles. The number of carbonyl (C=O) groups excluding carboxylic acids is 3. The van der Waals surface area contributed by atoms with Gasteiger partial charge in [-0.3, -0.25) is 14.5 Å². The molecule has 0 aliphatic carbocycles. The minimum absolute atomic E-state index is 0.185. The third kappa shape index (κ3) is 4.55. The summed E-state index contributed by atoms with van der Waals surface area (Å²) in [6.45, 7) is 0.0808. The zero-order chi connectivity index (χ0) is 24.3. The highest BCUT2D eigenvalue weighted by molar-refractivity contribution is 6.09. The lowest BCUT2D eigenvalue weighted by molar-refractivity contribution is -0.135. The van der Waals surface area contributed by atoms with Crippen molar-refractivity contribution in [1.29, 1.82) is 0 Å². The van der Waals surface area contributed by atoms with Crippen LogP contribution in [0.2, 0.25) is 0 Å². The fraction of sp³-hybridized carbons (Fsp3) is 0.222. The number of hydrogen-bond acceptors (Lipinski definition) is 5. The smallest absolute Gasteiger partial charge is 0.325 e. The van der Waals surface area contributed by atoms with Gasteiger partial charge in [-0.25, -0.2) is 4.79 Å². The molecule has 3 aromatic rings. The van der Waals surface area contributed by atoms with Crippen molar-refractivity contribution in [2.75, 3.05) is 19.7 Å². The first kappa shape index (κ1) is 22.5. The van der Waals surface area contributed by atoms with Crippen molar-refractivity contribution in [3.8, 4) is 11.5 Å². The second-order valence-corrected chi connectivity index (χ2v) is 8.56. The molecular formula is C27H25N3O5. The van der Waals surface area contributed by atoms with Crippen LogP contribution in [0.4, 0.5) is 4.79 Å². The lowest BCUT2D eigenvalue weighted by atomic mass is 9.83. The highest BCUT2D eigenvalue weighted by Crippen LogP contribution is 2.33. The molecule has 0 aromatic heterocycles. The van der Waals surface area contributed by atoms with E-state index in [9.17, 15) is 14.4 Å². The highest BCUT2D eigenvalue weighted by atomic mass is 16.6. The van der Waals surface area contributed by atoms with Crippen molar-refractivity contribution in [3.63, 3.8) is 0 Å². The molecule has 5 rings (SSSR count). The Balaban J connectivity index is 1.27. The summed E-state index contributed by atoms with van der Waals surface area (Å²) >= 11 is 0. The summed E-state index contributed by atoms with van der Waals surface area (Å²) in [6.07, 6.45) is -0.105. The zero-order valence-electron chi connectivity index (χ0n) is 19.0. The van der Waals surface area contributed by atoms with Crippen LogP contribution in [0.25, 0.3) is 0 Å². The second kappa shape index (κ2) is 9.50. The molecule has 35 heavy (non-hydrogen) atoms. The molecule has 2 aliphatic rings. The van der Waals surface area contributed by atoms with Gasteiger partial charge >= 0.3 is 6.03 Å². The fourth-order valence-corrected chi connectivity index (χ4v) is 4.40. The van der Waals surface area contributed by atoms with Crippen molar-refractivity contribution in [2.24, 2.45) is 0 Å². The third-order valence-electron chi connectivity index (χ3n) is 6.15. The van der Waals surface area contributed by atoms with E-state index < -0.39 is 29.9 Å². The number of para-hydroxylation sites is 2. The normalized spacial score (nSPS) is 20.9. The molecule has 1 fully saturated rings. The predicted molar refractivity (Wildman–Crippen MR) is 128 cm³/mol. The van der Waals surface area contributed by atoms with Gasteiger partial charge in [0.15, 0.2) is 17.0 Å². The molecule has 2 atom stereocenters. The second-order valence-electron chi connectivity index (χ2n) is 8.56. The molecular weight excluding hydrogens is 446 g/mol. The Morgan fingerprint density at radius 3 is 2.34 bits per heavy atom. The van der Waals surface area contributed by atoms with Gasteiger partial charge in [0.2, 0.25) is 5.91 Å². The molecule has 8 nitrogen and oxygen atoms in total. The quantitative estimate of drug-likeness (QED) is 0.517. The number of ether oxygens (including phenoxy) is 2. The first-order chi connectivity index (χ1) is 17.0. The number of imide groups is 1.